The van der Waals surface area contributed by atoms with Crippen LogP contribution in [0.3, 0.4) is 0 Å². The lowest BCUT2D eigenvalue weighted by molar-refractivity contribution is 0.523. The summed E-state index contributed by atoms with van der Waals surface area (Å²) >= 11 is 0. The van der Waals surface area contributed by atoms with E-state index < -0.39 is 0 Å². The van der Waals surface area contributed by atoms with E-state index in [1.165, 1.54) is 31.2 Å². The summed E-state index contributed by atoms with van der Waals surface area (Å²) in [5.74, 6) is -0.152. The normalized spacial score (nSPS) is 16.6. The Labute approximate surface area is 120 Å². The third-order valence-corrected chi connectivity index (χ3v) is 4.37. The second-order valence-corrected chi connectivity index (χ2v) is 6.18. The molecule has 1 aromatic heterocycles. The van der Waals surface area contributed by atoms with Crippen LogP contribution < -0.4 is 5.32 Å². The van der Waals surface area contributed by atoms with E-state index in [1.54, 1.807) is 12.1 Å². The quantitative estimate of drug-likeness (QED) is 0.874. The van der Waals surface area contributed by atoms with Gasteiger partial charge >= 0.3 is 0 Å². The first-order valence-electron chi connectivity index (χ1n) is 7.67. The molecule has 0 saturated heterocycles. The number of benzene rings is 1. The van der Waals surface area contributed by atoms with Crippen molar-refractivity contribution in [1.29, 1.82) is 0 Å². The van der Waals surface area contributed by atoms with E-state index in [2.05, 4.69) is 29.9 Å². The zero-order chi connectivity index (χ0) is 14.1. The SMILES string of the molecule is CC(C)n1cc(CNC2CCCC2)c2cc(F)ccc21. The molecule has 0 unspecified atom stereocenters. The minimum absolute atomic E-state index is 0.152. The molecule has 0 amide bonds. The summed E-state index contributed by atoms with van der Waals surface area (Å²) < 4.78 is 15.8. The third kappa shape index (κ3) is 2.59. The smallest absolute Gasteiger partial charge is 0.123 e. The van der Waals surface area contributed by atoms with Crippen LogP contribution in [0.4, 0.5) is 4.39 Å². The summed E-state index contributed by atoms with van der Waals surface area (Å²) in [5, 5.41) is 4.67. The average Bonchev–Trinajstić information content (AvgIpc) is 3.03. The van der Waals surface area contributed by atoms with Gasteiger partial charge in [0.05, 0.1) is 0 Å². The highest BCUT2D eigenvalue weighted by atomic mass is 19.1. The summed E-state index contributed by atoms with van der Waals surface area (Å²) in [6, 6.07) is 6.14. The molecule has 0 bridgehead atoms. The molecule has 1 saturated carbocycles. The van der Waals surface area contributed by atoms with E-state index in [1.807, 2.05) is 6.07 Å². The standard InChI is InChI=1S/C17H23FN2/c1-12(2)20-11-13(10-19-15-5-3-4-6-15)16-9-14(18)7-8-17(16)20/h7-9,11-12,15,19H,3-6,10H2,1-2H3. The Balaban J connectivity index is 1.90. The van der Waals surface area contributed by atoms with Crippen LogP contribution in [0.2, 0.25) is 0 Å². The number of hydrogen-bond donors (Lipinski definition) is 1. The van der Waals surface area contributed by atoms with Crippen LogP contribution in [0.25, 0.3) is 10.9 Å². The van der Waals surface area contributed by atoms with Crippen LogP contribution in [0, 0.1) is 5.82 Å². The molecule has 3 rings (SSSR count). The lowest BCUT2D eigenvalue weighted by Crippen LogP contribution is -2.25. The molecule has 20 heavy (non-hydrogen) atoms. The summed E-state index contributed by atoms with van der Waals surface area (Å²) in [6.45, 7) is 5.16. The highest BCUT2D eigenvalue weighted by Crippen LogP contribution is 2.26. The Morgan fingerprint density at radius 2 is 2.05 bits per heavy atom. The average molecular weight is 274 g/mol. The molecule has 1 N–H and O–H groups in total. The summed E-state index contributed by atoms with van der Waals surface area (Å²) in [7, 11) is 0. The second kappa shape index (κ2) is 5.57. The van der Waals surface area contributed by atoms with Gasteiger partial charge in [0.15, 0.2) is 0 Å². The van der Waals surface area contributed by atoms with Crippen LogP contribution in [-0.4, -0.2) is 10.6 Å². The first-order chi connectivity index (χ1) is 9.65. The fourth-order valence-corrected chi connectivity index (χ4v) is 3.25. The van der Waals surface area contributed by atoms with Gasteiger partial charge in [-0.15, -0.1) is 0 Å². The van der Waals surface area contributed by atoms with Gasteiger partial charge in [0.2, 0.25) is 0 Å². The molecule has 1 aliphatic rings. The van der Waals surface area contributed by atoms with Crippen LogP contribution in [0.5, 0.6) is 0 Å². The molecule has 0 atom stereocenters. The monoisotopic (exact) mass is 274 g/mol. The zero-order valence-electron chi connectivity index (χ0n) is 12.3. The molecule has 108 valence electrons. The Bertz CT molecular complexity index is 594. The van der Waals surface area contributed by atoms with Crippen molar-refractivity contribution in [2.24, 2.45) is 0 Å². The highest BCUT2D eigenvalue weighted by molar-refractivity contribution is 5.84. The highest BCUT2D eigenvalue weighted by Gasteiger charge is 2.16. The first kappa shape index (κ1) is 13.6. The minimum atomic E-state index is -0.152. The fraction of sp³-hybridized carbons (Fsp3) is 0.529. The number of fused-ring (bicyclic) bond motifs is 1. The largest absolute Gasteiger partial charge is 0.345 e. The molecule has 2 aromatic rings. The summed E-state index contributed by atoms with van der Waals surface area (Å²) in [6.07, 6.45) is 7.39. The van der Waals surface area contributed by atoms with Crippen LogP contribution in [0.15, 0.2) is 24.4 Å². The predicted molar refractivity (Wildman–Crippen MR) is 81.4 cm³/mol. The van der Waals surface area contributed by atoms with Gasteiger partial charge in [-0.05, 0) is 50.5 Å². The third-order valence-electron chi connectivity index (χ3n) is 4.37. The summed E-state index contributed by atoms with van der Waals surface area (Å²) in [4.78, 5) is 0. The van der Waals surface area contributed by atoms with Crippen molar-refractivity contribution in [3.05, 3.63) is 35.8 Å². The first-order valence-corrected chi connectivity index (χ1v) is 7.67. The van der Waals surface area contributed by atoms with E-state index >= 15 is 0 Å². The molecule has 2 nitrogen and oxygen atoms in total. The predicted octanol–water partition coefficient (Wildman–Crippen LogP) is 4.39. The molecule has 1 fully saturated rings. The molecular weight excluding hydrogens is 251 g/mol. The maximum absolute atomic E-state index is 13.5. The van der Waals surface area contributed by atoms with Gasteiger partial charge < -0.3 is 9.88 Å². The molecule has 1 aliphatic carbocycles. The summed E-state index contributed by atoms with van der Waals surface area (Å²) in [5.41, 5.74) is 2.34. The van der Waals surface area contributed by atoms with Gasteiger partial charge in [0.1, 0.15) is 5.82 Å². The molecule has 1 heterocycles. The Kier molecular flexibility index (Phi) is 3.79. The molecule has 1 aromatic carbocycles. The van der Waals surface area contributed by atoms with Crippen molar-refractivity contribution in [1.82, 2.24) is 9.88 Å². The molecular formula is C17H23FN2. The van der Waals surface area contributed by atoms with Crippen LogP contribution >= 0.6 is 0 Å². The molecule has 0 aliphatic heterocycles. The van der Waals surface area contributed by atoms with Crippen LogP contribution in [0.1, 0.15) is 51.1 Å². The maximum Gasteiger partial charge on any atom is 0.123 e. The van der Waals surface area contributed by atoms with E-state index in [4.69, 9.17) is 0 Å². The number of nitrogens with zero attached hydrogens (tertiary/aromatic N) is 1. The molecule has 3 heteroatoms. The van der Waals surface area contributed by atoms with Crippen LogP contribution in [-0.2, 0) is 6.54 Å². The Hall–Kier alpha value is -1.35. The van der Waals surface area contributed by atoms with Crippen molar-refractivity contribution in [2.75, 3.05) is 0 Å². The Morgan fingerprint density at radius 1 is 1.30 bits per heavy atom. The minimum Gasteiger partial charge on any atom is -0.345 e. The van der Waals surface area contributed by atoms with Gasteiger partial charge in [-0.1, -0.05) is 12.8 Å². The van der Waals surface area contributed by atoms with E-state index in [0.717, 1.165) is 17.4 Å². The fourth-order valence-electron chi connectivity index (χ4n) is 3.25. The lowest BCUT2D eigenvalue weighted by atomic mass is 10.1. The van der Waals surface area contributed by atoms with E-state index in [-0.39, 0.29) is 5.82 Å². The number of rotatable bonds is 4. The second-order valence-electron chi connectivity index (χ2n) is 6.18. The van der Waals surface area contributed by atoms with Gasteiger partial charge in [-0.25, -0.2) is 4.39 Å². The van der Waals surface area contributed by atoms with Crippen molar-refractivity contribution in [3.63, 3.8) is 0 Å². The maximum atomic E-state index is 13.5. The lowest BCUT2D eigenvalue weighted by Gasteiger charge is -2.11. The van der Waals surface area contributed by atoms with Gasteiger partial charge in [0, 0.05) is 35.7 Å². The topological polar surface area (TPSA) is 17.0 Å². The van der Waals surface area contributed by atoms with Crippen molar-refractivity contribution < 1.29 is 4.39 Å². The van der Waals surface area contributed by atoms with E-state index in [0.29, 0.717) is 12.1 Å². The number of halogens is 1. The number of hydrogen-bond acceptors (Lipinski definition) is 1. The van der Waals surface area contributed by atoms with Crippen molar-refractivity contribution >= 4 is 10.9 Å². The molecule has 0 radical (unpaired) electrons. The zero-order valence-corrected chi connectivity index (χ0v) is 12.3. The van der Waals surface area contributed by atoms with E-state index in [9.17, 15) is 4.39 Å². The van der Waals surface area contributed by atoms with Gasteiger partial charge in [-0.3, -0.25) is 0 Å². The van der Waals surface area contributed by atoms with Crippen molar-refractivity contribution in [3.8, 4) is 0 Å². The van der Waals surface area contributed by atoms with Crippen molar-refractivity contribution in [2.45, 2.75) is 58.2 Å². The molecule has 0 spiro atoms. The number of nitrogens with one attached hydrogen (secondary N) is 1. The van der Waals surface area contributed by atoms with Gasteiger partial charge in [0.25, 0.3) is 0 Å². The van der Waals surface area contributed by atoms with Gasteiger partial charge in [-0.2, -0.15) is 0 Å². The number of aromatic nitrogens is 1. The Morgan fingerprint density at radius 3 is 2.75 bits per heavy atom.